The van der Waals surface area contributed by atoms with Crippen molar-refractivity contribution in [3.05, 3.63) is 29.8 Å². The SMILES string of the molecule is CCNC(CCC(C)(C)C)c1ccc(OC(F)F)cc1. The molecule has 0 spiro atoms. The fraction of sp³-hybridized carbons (Fsp3) is 0.625. The van der Waals surface area contributed by atoms with E-state index in [0.717, 1.165) is 24.9 Å². The maximum Gasteiger partial charge on any atom is 0.387 e. The van der Waals surface area contributed by atoms with Gasteiger partial charge >= 0.3 is 6.61 Å². The number of hydrogen-bond donors (Lipinski definition) is 1. The number of rotatable bonds is 7. The summed E-state index contributed by atoms with van der Waals surface area (Å²) in [6.45, 7) is 6.83. The Labute approximate surface area is 120 Å². The van der Waals surface area contributed by atoms with Crippen LogP contribution in [0.2, 0.25) is 0 Å². The molecule has 1 unspecified atom stereocenters. The van der Waals surface area contributed by atoms with Gasteiger partial charge in [-0.05, 0) is 42.5 Å². The molecule has 0 aromatic heterocycles. The van der Waals surface area contributed by atoms with Crippen LogP contribution in [-0.4, -0.2) is 13.2 Å². The summed E-state index contributed by atoms with van der Waals surface area (Å²) in [5, 5.41) is 3.44. The molecule has 0 amide bonds. The second kappa shape index (κ2) is 7.58. The fourth-order valence-corrected chi connectivity index (χ4v) is 2.09. The summed E-state index contributed by atoms with van der Waals surface area (Å²) in [6.07, 6.45) is 2.12. The first kappa shape index (κ1) is 16.9. The highest BCUT2D eigenvalue weighted by molar-refractivity contribution is 5.29. The van der Waals surface area contributed by atoms with Crippen molar-refractivity contribution in [1.82, 2.24) is 5.32 Å². The van der Waals surface area contributed by atoms with Gasteiger partial charge in [0.2, 0.25) is 0 Å². The lowest BCUT2D eigenvalue weighted by Crippen LogP contribution is -2.22. The predicted molar refractivity (Wildman–Crippen MR) is 78.2 cm³/mol. The number of benzene rings is 1. The van der Waals surface area contributed by atoms with Gasteiger partial charge in [0.05, 0.1) is 0 Å². The maximum atomic E-state index is 12.1. The third-order valence-corrected chi connectivity index (χ3v) is 3.14. The van der Waals surface area contributed by atoms with Gasteiger partial charge in [-0.3, -0.25) is 0 Å². The first-order chi connectivity index (χ1) is 9.31. The predicted octanol–water partition coefficient (Wildman–Crippen LogP) is 4.76. The smallest absolute Gasteiger partial charge is 0.387 e. The van der Waals surface area contributed by atoms with Crippen LogP contribution in [0.15, 0.2) is 24.3 Å². The van der Waals surface area contributed by atoms with E-state index in [-0.39, 0.29) is 17.2 Å². The molecule has 0 aliphatic carbocycles. The molecule has 1 atom stereocenters. The lowest BCUT2D eigenvalue weighted by molar-refractivity contribution is -0.0498. The van der Waals surface area contributed by atoms with Crippen molar-refractivity contribution in [2.75, 3.05) is 6.54 Å². The average molecular weight is 285 g/mol. The zero-order chi connectivity index (χ0) is 15.2. The van der Waals surface area contributed by atoms with E-state index in [1.807, 2.05) is 12.1 Å². The molecule has 1 N–H and O–H groups in total. The van der Waals surface area contributed by atoms with Crippen LogP contribution in [0.5, 0.6) is 5.75 Å². The van der Waals surface area contributed by atoms with Crippen molar-refractivity contribution in [3.63, 3.8) is 0 Å². The van der Waals surface area contributed by atoms with Crippen molar-refractivity contribution in [1.29, 1.82) is 0 Å². The zero-order valence-corrected chi connectivity index (χ0v) is 12.7. The Morgan fingerprint density at radius 2 is 1.75 bits per heavy atom. The first-order valence-electron chi connectivity index (χ1n) is 7.10. The molecule has 0 saturated carbocycles. The number of ether oxygens (including phenoxy) is 1. The van der Waals surface area contributed by atoms with Gasteiger partial charge in [-0.2, -0.15) is 8.78 Å². The Hall–Kier alpha value is -1.16. The summed E-state index contributed by atoms with van der Waals surface area (Å²) >= 11 is 0. The van der Waals surface area contributed by atoms with Crippen LogP contribution < -0.4 is 10.1 Å². The molecule has 0 radical (unpaired) electrons. The van der Waals surface area contributed by atoms with Crippen molar-refractivity contribution >= 4 is 0 Å². The van der Waals surface area contributed by atoms with Gasteiger partial charge in [0.25, 0.3) is 0 Å². The van der Waals surface area contributed by atoms with Gasteiger partial charge in [0, 0.05) is 6.04 Å². The van der Waals surface area contributed by atoms with E-state index < -0.39 is 6.61 Å². The molecule has 4 heteroatoms. The Bertz CT molecular complexity index is 384. The highest BCUT2D eigenvalue weighted by Crippen LogP contribution is 2.28. The Kier molecular flexibility index (Phi) is 6.40. The zero-order valence-electron chi connectivity index (χ0n) is 12.7. The molecule has 1 aromatic rings. The third-order valence-electron chi connectivity index (χ3n) is 3.14. The summed E-state index contributed by atoms with van der Waals surface area (Å²) in [6, 6.07) is 7.16. The van der Waals surface area contributed by atoms with Gasteiger partial charge in [-0.25, -0.2) is 0 Å². The molecule has 0 bridgehead atoms. The lowest BCUT2D eigenvalue weighted by atomic mass is 9.87. The number of hydrogen-bond acceptors (Lipinski definition) is 2. The highest BCUT2D eigenvalue weighted by Gasteiger charge is 2.16. The van der Waals surface area contributed by atoms with Gasteiger partial charge < -0.3 is 10.1 Å². The van der Waals surface area contributed by atoms with Gasteiger partial charge in [-0.15, -0.1) is 0 Å². The Balaban J connectivity index is 2.71. The van der Waals surface area contributed by atoms with E-state index in [1.165, 1.54) is 0 Å². The fourth-order valence-electron chi connectivity index (χ4n) is 2.09. The van der Waals surface area contributed by atoms with Crippen LogP contribution in [0.1, 0.15) is 52.1 Å². The van der Waals surface area contributed by atoms with Crippen LogP contribution in [0.4, 0.5) is 8.78 Å². The minimum absolute atomic E-state index is 0.204. The molecule has 20 heavy (non-hydrogen) atoms. The largest absolute Gasteiger partial charge is 0.435 e. The van der Waals surface area contributed by atoms with Crippen molar-refractivity contribution < 1.29 is 13.5 Å². The molecule has 2 nitrogen and oxygen atoms in total. The van der Waals surface area contributed by atoms with Crippen LogP contribution in [0.3, 0.4) is 0 Å². The van der Waals surface area contributed by atoms with E-state index in [2.05, 4.69) is 37.7 Å². The maximum absolute atomic E-state index is 12.1. The van der Waals surface area contributed by atoms with Crippen molar-refractivity contribution in [2.24, 2.45) is 5.41 Å². The van der Waals surface area contributed by atoms with Crippen LogP contribution in [-0.2, 0) is 0 Å². The molecule has 1 rings (SSSR count). The number of alkyl halides is 2. The van der Waals surface area contributed by atoms with Crippen molar-refractivity contribution in [3.8, 4) is 5.75 Å². The second-order valence-corrected chi connectivity index (χ2v) is 6.16. The molecule has 0 heterocycles. The number of halogens is 2. The molecule has 0 aliphatic rings. The summed E-state index contributed by atoms with van der Waals surface area (Å²) < 4.78 is 28.6. The van der Waals surface area contributed by atoms with E-state index in [4.69, 9.17) is 0 Å². The summed E-state index contributed by atoms with van der Waals surface area (Å²) in [5.74, 6) is 0.204. The first-order valence-corrected chi connectivity index (χ1v) is 7.10. The van der Waals surface area contributed by atoms with Gasteiger partial charge in [-0.1, -0.05) is 39.8 Å². The molecular formula is C16H25F2NO. The quantitative estimate of drug-likeness (QED) is 0.779. The topological polar surface area (TPSA) is 21.3 Å². The van der Waals surface area contributed by atoms with Crippen LogP contribution in [0, 0.1) is 5.41 Å². The Morgan fingerprint density at radius 1 is 1.15 bits per heavy atom. The van der Waals surface area contributed by atoms with Gasteiger partial charge in [0.1, 0.15) is 5.75 Å². The standard InChI is InChI=1S/C16H25F2NO/c1-5-19-14(10-11-16(2,3)4)12-6-8-13(9-7-12)20-15(17)18/h6-9,14-15,19H,5,10-11H2,1-4H3. The summed E-state index contributed by atoms with van der Waals surface area (Å²) in [4.78, 5) is 0. The van der Waals surface area contributed by atoms with E-state index in [9.17, 15) is 8.78 Å². The Morgan fingerprint density at radius 3 is 2.20 bits per heavy atom. The molecular weight excluding hydrogens is 260 g/mol. The summed E-state index contributed by atoms with van der Waals surface area (Å²) in [7, 11) is 0. The van der Waals surface area contributed by atoms with Crippen LogP contribution in [0.25, 0.3) is 0 Å². The molecule has 114 valence electrons. The molecule has 0 aliphatic heterocycles. The minimum atomic E-state index is -2.77. The highest BCUT2D eigenvalue weighted by atomic mass is 19.3. The van der Waals surface area contributed by atoms with Crippen molar-refractivity contribution in [2.45, 2.75) is 53.2 Å². The van der Waals surface area contributed by atoms with E-state index >= 15 is 0 Å². The normalized spacial score (nSPS) is 13.6. The molecule has 1 aromatic carbocycles. The van der Waals surface area contributed by atoms with Crippen LogP contribution >= 0.6 is 0 Å². The number of nitrogens with one attached hydrogen (secondary N) is 1. The van der Waals surface area contributed by atoms with Gasteiger partial charge in [0.15, 0.2) is 0 Å². The molecule has 0 fully saturated rings. The monoisotopic (exact) mass is 285 g/mol. The third kappa shape index (κ3) is 6.33. The van der Waals surface area contributed by atoms with E-state index in [0.29, 0.717) is 0 Å². The van der Waals surface area contributed by atoms with E-state index in [1.54, 1.807) is 12.1 Å². The minimum Gasteiger partial charge on any atom is -0.435 e. The molecule has 0 saturated heterocycles. The average Bonchev–Trinajstić information content (AvgIpc) is 2.34. The summed E-state index contributed by atoms with van der Waals surface area (Å²) in [5.41, 5.74) is 1.39. The lowest BCUT2D eigenvalue weighted by Gasteiger charge is -2.24. The second-order valence-electron chi connectivity index (χ2n) is 6.16.